The first kappa shape index (κ1) is 17.0. The summed E-state index contributed by atoms with van der Waals surface area (Å²) < 4.78 is 0. The second kappa shape index (κ2) is 7.83. The molecule has 0 aliphatic carbocycles. The standard InChI is InChI=1S/C20H23N3O2/c1-21-19(24)20(25)22-12-10-15-6-8-18(9-7-15)23-13-11-16-4-2-3-5-17(16)14-23/h2-9H,10-14H2,1H3,(H,21,24)(H,22,25). The third-order valence-corrected chi connectivity index (χ3v) is 4.56. The van der Waals surface area contributed by atoms with Crippen molar-refractivity contribution in [2.24, 2.45) is 0 Å². The summed E-state index contributed by atoms with van der Waals surface area (Å²) in [4.78, 5) is 24.9. The Morgan fingerprint density at radius 2 is 1.72 bits per heavy atom. The summed E-state index contributed by atoms with van der Waals surface area (Å²) in [6.07, 6.45) is 1.77. The molecule has 5 nitrogen and oxygen atoms in total. The maximum atomic E-state index is 11.4. The minimum atomic E-state index is -0.610. The second-order valence-electron chi connectivity index (χ2n) is 6.19. The Bertz CT molecular complexity index is 756. The minimum absolute atomic E-state index is 0.447. The molecular weight excluding hydrogens is 314 g/mol. The highest BCUT2D eigenvalue weighted by atomic mass is 16.2. The summed E-state index contributed by atoms with van der Waals surface area (Å²) in [6, 6.07) is 17.0. The minimum Gasteiger partial charge on any atom is -0.367 e. The molecule has 0 aromatic heterocycles. The lowest BCUT2D eigenvalue weighted by molar-refractivity contribution is -0.138. The zero-order valence-corrected chi connectivity index (χ0v) is 14.4. The van der Waals surface area contributed by atoms with E-state index in [1.54, 1.807) is 0 Å². The van der Waals surface area contributed by atoms with Gasteiger partial charge in [-0.3, -0.25) is 9.59 Å². The van der Waals surface area contributed by atoms with Gasteiger partial charge in [-0.2, -0.15) is 0 Å². The fourth-order valence-corrected chi connectivity index (χ4v) is 3.10. The van der Waals surface area contributed by atoms with Gasteiger partial charge in [0.05, 0.1) is 0 Å². The Morgan fingerprint density at radius 1 is 1.00 bits per heavy atom. The molecule has 5 heteroatoms. The molecule has 2 N–H and O–H groups in total. The SMILES string of the molecule is CNC(=O)C(=O)NCCc1ccc(N2CCc3ccccc3C2)cc1. The molecule has 0 spiro atoms. The van der Waals surface area contributed by atoms with E-state index in [9.17, 15) is 9.59 Å². The van der Waals surface area contributed by atoms with Crippen molar-refractivity contribution in [1.82, 2.24) is 10.6 Å². The number of nitrogens with one attached hydrogen (secondary N) is 2. The number of hydrogen-bond acceptors (Lipinski definition) is 3. The Labute approximate surface area is 148 Å². The van der Waals surface area contributed by atoms with Crippen LogP contribution < -0.4 is 15.5 Å². The van der Waals surface area contributed by atoms with E-state index in [4.69, 9.17) is 0 Å². The summed E-state index contributed by atoms with van der Waals surface area (Å²) in [5, 5.41) is 4.92. The normalized spacial score (nSPS) is 13.1. The number of rotatable bonds is 4. The van der Waals surface area contributed by atoms with Crippen LogP contribution in [0.4, 0.5) is 5.69 Å². The average molecular weight is 337 g/mol. The molecule has 1 aliphatic heterocycles. The zero-order valence-electron chi connectivity index (χ0n) is 14.4. The highest BCUT2D eigenvalue weighted by Crippen LogP contribution is 2.24. The molecule has 0 saturated carbocycles. The summed E-state index contributed by atoms with van der Waals surface area (Å²) in [7, 11) is 1.44. The molecular formula is C20H23N3O2. The third-order valence-electron chi connectivity index (χ3n) is 4.56. The number of carbonyl (C=O) groups excluding carboxylic acids is 2. The Kier molecular flexibility index (Phi) is 5.33. The molecule has 2 aromatic carbocycles. The van der Waals surface area contributed by atoms with E-state index >= 15 is 0 Å². The van der Waals surface area contributed by atoms with Crippen molar-refractivity contribution in [2.75, 3.05) is 25.0 Å². The van der Waals surface area contributed by atoms with Crippen LogP contribution in [-0.2, 0) is 29.0 Å². The van der Waals surface area contributed by atoms with Crippen LogP contribution in [0, 0.1) is 0 Å². The third kappa shape index (κ3) is 4.18. The lowest BCUT2D eigenvalue weighted by atomic mass is 9.99. The fourth-order valence-electron chi connectivity index (χ4n) is 3.10. The van der Waals surface area contributed by atoms with Gasteiger partial charge < -0.3 is 15.5 Å². The van der Waals surface area contributed by atoms with Gasteiger partial charge >= 0.3 is 11.8 Å². The number of amides is 2. The number of hydrogen-bond donors (Lipinski definition) is 2. The molecule has 2 aromatic rings. The number of nitrogens with zero attached hydrogens (tertiary/aromatic N) is 1. The molecule has 25 heavy (non-hydrogen) atoms. The monoisotopic (exact) mass is 337 g/mol. The number of anilines is 1. The van der Waals surface area contributed by atoms with Crippen molar-refractivity contribution in [3.8, 4) is 0 Å². The lowest BCUT2D eigenvalue weighted by Crippen LogP contribution is -2.38. The number of likely N-dealkylation sites (N-methyl/N-ethyl adjacent to an activating group) is 1. The molecule has 0 bridgehead atoms. The van der Waals surface area contributed by atoms with E-state index in [0.717, 1.165) is 25.1 Å². The van der Waals surface area contributed by atoms with E-state index < -0.39 is 11.8 Å². The highest BCUT2D eigenvalue weighted by molar-refractivity contribution is 6.34. The first-order valence-electron chi connectivity index (χ1n) is 8.58. The smallest absolute Gasteiger partial charge is 0.309 e. The Hall–Kier alpha value is -2.82. The van der Waals surface area contributed by atoms with Crippen LogP contribution in [0.25, 0.3) is 0 Å². The second-order valence-corrected chi connectivity index (χ2v) is 6.19. The molecule has 0 unspecified atom stereocenters. The molecule has 130 valence electrons. The van der Waals surface area contributed by atoms with Crippen LogP contribution in [0.5, 0.6) is 0 Å². The van der Waals surface area contributed by atoms with Crippen molar-refractivity contribution in [2.45, 2.75) is 19.4 Å². The number of benzene rings is 2. The quantitative estimate of drug-likeness (QED) is 0.834. The van der Waals surface area contributed by atoms with E-state index in [1.807, 2.05) is 0 Å². The Balaban J connectivity index is 1.54. The fraction of sp³-hybridized carbons (Fsp3) is 0.300. The molecule has 2 amide bonds. The van der Waals surface area contributed by atoms with E-state index in [0.29, 0.717) is 13.0 Å². The zero-order chi connectivity index (χ0) is 17.6. The first-order valence-corrected chi connectivity index (χ1v) is 8.58. The van der Waals surface area contributed by atoms with Crippen LogP contribution in [-0.4, -0.2) is 32.0 Å². The Morgan fingerprint density at radius 3 is 2.44 bits per heavy atom. The molecule has 0 radical (unpaired) electrons. The molecule has 1 heterocycles. The van der Waals surface area contributed by atoms with Crippen molar-refractivity contribution in [3.63, 3.8) is 0 Å². The maximum absolute atomic E-state index is 11.4. The summed E-state index contributed by atoms with van der Waals surface area (Å²) >= 11 is 0. The van der Waals surface area contributed by atoms with E-state index in [1.165, 1.54) is 23.9 Å². The summed E-state index contributed by atoms with van der Waals surface area (Å²) in [6.45, 7) is 2.42. The van der Waals surface area contributed by atoms with Crippen LogP contribution >= 0.6 is 0 Å². The largest absolute Gasteiger partial charge is 0.367 e. The van der Waals surface area contributed by atoms with Crippen molar-refractivity contribution < 1.29 is 9.59 Å². The van der Waals surface area contributed by atoms with Gasteiger partial charge in [-0.15, -0.1) is 0 Å². The van der Waals surface area contributed by atoms with Gasteiger partial charge in [0.2, 0.25) is 0 Å². The topological polar surface area (TPSA) is 61.4 Å². The van der Waals surface area contributed by atoms with Gasteiger partial charge in [0, 0.05) is 32.4 Å². The molecule has 1 aliphatic rings. The van der Waals surface area contributed by atoms with Gasteiger partial charge in [-0.25, -0.2) is 0 Å². The van der Waals surface area contributed by atoms with Gasteiger partial charge in [0.1, 0.15) is 0 Å². The predicted molar refractivity (Wildman–Crippen MR) is 98.4 cm³/mol. The summed E-state index contributed by atoms with van der Waals surface area (Å²) in [5.74, 6) is -1.20. The van der Waals surface area contributed by atoms with E-state index in [2.05, 4.69) is 64.1 Å². The van der Waals surface area contributed by atoms with Crippen molar-refractivity contribution in [1.29, 1.82) is 0 Å². The van der Waals surface area contributed by atoms with Crippen LogP contribution in [0.15, 0.2) is 48.5 Å². The number of fused-ring (bicyclic) bond motifs is 1. The molecule has 0 atom stereocenters. The van der Waals surface area contributed by atoms with Crippen LogP contribution in [0.2, 0.25) is 0 Å². The van der Waals surface area contributed by atoms with Crippen molar-refractivity contribution in [3.05, 3.63) is 65.2 Å². The van der Waals surface area contributed by atoms with Crippen LogP contribution in [0.1, 0.15) is 16.7 Å². The van der Waals surface area contributed by atoms with Gasteiger partial charge in [0.15, 0.2) is 0 Å². The molecule has 0 saturated heterocycles. The van der Waals surface area contributed by atoms with Gasteiger partial charge in [-0.1, -0.05) is 36.4 Å². The van der Waals surface area contributed by atoms with Gasteiger partial charge in [-0.05, 0) is 41.7 Å². The highest BCUT2D eigenvalue weighted by Gasteiger charge is 2.16. The van der Waals surface area contributed by atoms with Gasteiger partial charge in [0.25, 0.3) is 0 Å². The van der Waals surface area contributed by atoms with Crippen LogP contribution in [0.3, 0.4) is 0 Å². The maximum Gasteiger partial charge on any atom is 0.309 e. The first-order chi connectivity index (χ1) is 12.2. The predicted octanol–water partition coefficient (Wildman–Crippen LogP) is 1.65. The molecule has 3 rings (SSSR count). The van der Waals surface area contributed by atoms with Crippen molar-refractivity contribution >= 4 is 17.5 Å². The molecule has 0 fully saturated rings. The van der Waals surface area contributed by atoms with E-state index in [-0.39, 0.29) is 0 Å². The lowest BCUT2D eigenvalue weighted by Gasteiger charge is -2.30. The summed E-state index contributed by atoms with van der Waals surface area (Å²) in [5.41, 5.74) is 5.20. The average Bonchev–Trinajstić information content (AvgIpc) is 2.67. The number of carbonyl (C=O) groups is 2.